The number of carbonyl (C=O) groups is 1. The van der Waals surface area contributed by atoms with E-state index in [0.717, 1.165) is 36.7 Å². The average molecular weight is 277 g/mol. The van der Waals surface area contributed by atoms with Crippen molar-refractivity contribution in [2.75, 3.05) is 31.5 Å². The number of likely N-dealkylation sites (tertiary alicyclic amines) is 1. The Labute approximate surface area is 119 Å². The molecule has 2 unspecified atom stereocenters. The van der Waals surface area contributed by atoms with Gasteiger partial charge in [0.1, 0.15) is 0 Å². The summed E-state index contributed by atoms with van der Waals surface area (Å²) in [5, 5.41) is 13.5. The number of carbonyl (C=O) groups excluding carboxylic acids is 1. The second kappa shape index (κ2) is 5.54. The number of fused-ring (bicyclic) bond motifs is 1. The van der Waals surface area contributed by atoms with Crippen LogP contribution >= 0.6 is 0 Å². The maximum absolute atomic E-state index is 12.2. The van der Waals surface area contributed by atoms with Crippen molar-refractivity contribution in [1.29, 1.82) is 0 Å². The molecule has 6 nitrogen and oxygen atoms in total. The minimum absolute atomic E-state index is 0.0521. The number of nitrogens with one attached hydrogen (secondary N) is 3. The Kier molecular flexibility index (Phi) is 3.76. The normalized spacial score (nSPS) is 26.5. The molecule has 0 aliphatic carbocycles. The zero-order valence-corrected chi connectivity index (χ0v) is 12.2. The topological polar surface area (TPSA) is 73.0 Å². The number of anilines is 1. The second-order valence-corrected chi connectivity index (χ2v) is 6.01. The number of aromatic amines is 1. The third-order valence-electron chi connectivity index (χ3n) is 4.43. The van der Waals surface area contributed by atoms with Crippen LogP contribution in [0.3, 0.4) is 0 Å². The molecule has 0 aromatic carbocycles. The summed E-state index contributed by atoms with van der Waals surface area (Å²) in [6.45, 7) is 7.43. The summed E-state index contributed by atoms with van der Waals surface area (Å²) >= 11 is 0. The van der Waals surface area contributed by atoms with E-state index >= 15 is 0 Å². The number of H-pyrrole nitrogens is 1. The van der Waals surface area contributed by atoms with Crippen molar-refractivity contribution in [3.05, 3.63) is 11.4 Å². The molecule has 0 spiro atoms. The first-order chi connectivity index (χ1) is 9.63. The first-order valence-electron chi connectivity index (χ1n) is 7.40. The minimum Gasteiger partial charge on any atom is -0.322 e. The summed E-state index contributed by atoms with van der Waals surface area (Å²) in [5.74, 6) is 0.769. The van der Waals surface area contributed by atoms with E-state index < -0.39 is 0 Å². The molecule has 2 aliphatic rings. The zero-order chi connectivity index (χ0) is 14.1. The van der Waals surface area contributed by atoms with Gasteiger partial charge in [-0.05, 0) is 39.2 Å². The monoisotopic (exact) mass is 277 g/mol. The van der Waals surface area contributed by atoms with Crippen LogP contribution < -0.4 is 10.6 Å². The lowest BCUT2D eigenvalue weighted by Crippen LogP contribution is -2.41. The van der Waals surface area contributed by atoms with Crippen LogP contribution in [0.5, 0.6) is 0 Å². The quantitative estimate of drug-likeness (QED) is 0.758. The molecule has 110 valence electrons. The predicted molar refractivity (Wildman–Crippen MR) is 77.6 cm³/mol. The Hall–Kier alpha value is -1.40. The lowest BCUT2D eigenvalue weighted by molar-refractivity contribution is -0.117. The van der Waals surface area contributed by atoms with Crippen LogP contribution in [0.2, 0.25) is 0 Å². The van der Waals surface area contributed by atoms with Crippen molar-refractivity contribution in [3.8, 4) is 0 Å². The van der Waals surface area contributed by atoms with Crippen LogP contribution in [0.25, 0.3) is 0 Å². The number of rotatable bonds is 3. The lowest BCUT2D eigenvalue weighted by Gasteiger charge is -2.24. The average Bonchev–Trinajstić information content (AvgIpc) is 2.96. The molecule has 3 rings (SSSR count). The third kappa shape index (κ3) is 2.71. The van der Waals surface area contributed by atoms with Gasteiger partial charge in [-0.3, -0.25) is 14.8 Å². The summed E-state index contributed by atoms with van der Waals surface area (Å²) in [4.78, 5) is 14.4. The smallest absolute Gasteiger partial charge is 0.238 e. The van der Waals surface area contributed by atoms with E-state index in [1.807, 2.05) is 13.8 Å². The number of aromatic nitrogens is 2. The van der Waals surface area contributed by atoms with Crippen molar-refractivity contribution in [3.63, 3.8) is 0 Å². The highest BCUT2D eigenvalue weighted by atomic mass is 16.2. The van der Waals surface area contributed by atoms with Gasteiger partial charge < -0.3 is 10.6 Å². The Morgan fingerprint density at radius 1 is 1.45 bits per heavy atom. The Morgan fingerprint density at radius 2 is 2.30 bits per heavy atom. The SMILES string of the molecule is Cc1n[nH]c(C)c1NC(=O)CN1CC2CCCNC2C1. The largest absolute Gasteiger partial charge is 0.322 e. The molecule has 1 amide bonds. The first kappa shape index (κ1) is 13.6. The van der Waals surface area contributed by atoms with E-state index in [0.29, 0.717) is 18.5 Å². The molecule has 2 atom stereocenters. The van der Waals surface area contributed by atoms with Crippen molar-refractivity contribution >= 4 is 11.6 Å². The van der Waals surface area contributed by atoms with Crippen molar-refractivity contribution < 1.29 is 4.79 Å². The molecule has 3 N–H and O–H groups in total. The Morgan fingerprint density at radius 3 is 3.00 bits per heavy atom. The highest BCUT2D eigenvalue weighted by Crippen LogP contribution is 2.24. The van der Waals surface area contributed by atoms with Crippen LogP contribution in [0.4, 0.5) is 5.69 Å². The molecule has 2 fully saturated rings. The molecule has 0 saturated carbocycles. The van der Waals surface area contributed by atoms with E-state index in [-0.39, 0.29) is 5.91 Å². The number of hydrogen-bond acceptors (Lipinski definition) is 4. The molecule has 2 aliphatic heterocycles. The van der Waals surface area contributed by atoms with Crippen LogP contribution in [0.15, 0.2) is 0 Å². The molecule has 0 radical (unpaired) electrons. The second-order valence-electron chi connectivity index (χ2n) is 6.01. The number of aryl methyl sites for hydroxylation is 2. The van der Waals surface area contributed by atoms with Crippen molar-refractivity contribution in [2.24, 2.45) is 5.92 Å². The third-order valence-corrected chi connectivity index (χ3v) is 4.43. The van der Waals surface area contributed by atoms with Crippen LogP contribution in [-0.4, -0.2) is 53.2 Å². The molecule has 3 heterocycles. The van der Waals surface area contributed by atoms with Gasteiger partial charge in [-0.15, -0.1) is 0 Å². The molecule has 1 aromatic heterocycles. The van der Waals surface area contributed by atoms with Crippen molar-refractivity contribution in [2.45, 2.75) is 32.7 Å². The summed E-state index contributed by atoms with van der Waals surface area (Å²) in [7, 11) is 0. The van der Waals surface area contributed by atoms with E-state index in [1.54, 1.807) is 0 Å². The highest BCUT2D eigenvalue weighted by Gasteiger charge is 2.34. The number of amides is 1. The van der Waals surface area contributed by atoms with Gasteiger partial charge in [-0.2, -0.15) is 5.10 Å². The standard InChI is InChI=1S/C14H23N5O/c1-9-14(10(2)18-17-9)16-13(20)8-19-6-11-4-3-5-15-12(11)7-19/h11-12,15H,3-8H2,1-2H3,(H,16,20)(H,17,18). The van der Waals surface area contributed by atoms with E-state index in [1.165, 1.54) is 12.8 Å². The fraction of sp³-hybridized carbons (Fsp3) is 0.714. The molecule has 2 saturated heterocycles. The maximum atomic E-state index is 12.2. The molecular formula is C14H23N5O. The fourth-order valence-corrected chi connectivity index (χ4v) is 3.38. The van der Waals surface area contributed by atoms with E-state index in [9.17, 15) is 4.79 Å². The Balaban J connectivity index is 1.55. The summed E-state index contributed by atoms with van der Waals surface area (Å²) in [6.07, 6.45) is 2.55. The van der Waals surface area contributed by atoms with Crippen molar-refractivity contribution in [1.82, 2.24) is 20.4 Å². The van der Waals surface area contributed by atoms with Crippen LogP contribution in [0.1, 0.15) is 24.2 Å². The van der Waals surface area contributed by atoms with Gasteiger partial charge in [0.15, 0.2) is 0 Å². The molecule has 1 aromatic rings. The number of piperidine rings is 1. The van der Waals surface area contributed by atoms with Gasteiger partial charge >= 0.3 is 0 Å². The molecule has 6 heteroatoms. The zero-order valence-electron chi connectivity index (χ0n) is 12.2. The molecule has 20 heavy (non-hydrogen) atoms. The summed E-state index contributed by atoms with van der Waals surface area (Å²) < 4.78 is 0. The molecular weight excluding hydrogens is 254 g/mol. The lowest BCUT2D eigenvalue weighted by atomic mass is 9.94. The van der Waals surface area contributed by atoms with Gasteiger partial charge in [-0.1, -0.05) is 0 Å². The predicted octanol–water partition coefficient (Wildman–Crippen LogP) is 0.649. The Bertz CT molecular complexity index is 464. The van der Waals surface area contributed by atoms with Crippen LogP contribution in [0, 0.1) is 19.8 Å². The minimum atomic E-state index is 0.0521. The maximum Gasteiger partial charge on any atom is 0.238 e. The van der Waals surface area contributed by atoms with E-state index in [2.05, 4.69) is 25.7 Å². The highest BCUT2D eigenvalue weighted by molar-refractivity contribution is 5.93. The fourth-order valence-electron chi connectivity index (χ4n) is 3.38. The number of nitrogens with zero attached hydrogens (tertiary/aromatic N) is 2. The number of hydrogen-bond donors (Lipinski definition) is 3. The van der Waals surface area contributed by atoms with Gasteiger partial charge in [0.25, 0.3) is 0 Å². The van der Waals surface area contributed by atoms with Gasteiger partial charge in [0.2, 0.25) is 5.91 Å². The van der Waals surface area contributed by atoms with Gasteiger partial charge in [0.05, 0.1) is 23.6 Å². The first-order valence-corrected chi connectivity index (χ1v) is 7.40. The van der Waals surface area contributed by atoms with Crippen LogP contribution in [-0.2, 0) is 4.79 Å². The molecule has 0 bridgehead atoms. The van der Waals surface area contributed by atoms with Gasteiger partial charge in [0, 0.05) is 19.1 Å². The summed E-state index contributed by atoms with van der Waals surface area (Å²) in [5.41, 5.74) is 2.57. The van der Waals surface area contributed by atoms with E-state index in [4.69, 9.17) is 0 Å². The summed E-state index contributed by atoms with van der Waals surface area (Å²) in [6, 6.07) is 0.578. The van der Waals surface area contributed by atoms with Gasteiger partial charge in [-0.25, -0.2) is 0 Å².